The van der Waals surface area contributed by atoms with Crippen LogP contribution in [0.5, 0.6) is 5.75 Å². The van der Waals surface area contributed by atoms with Gasteiger partial charge in [-0.1, -0.05) is 62.2 Å². The number of hydrogen-bond donors (Lipinski definition) is 0. The molecular weight excluding hydrogens is 384 g/mol. The zero-order chi connectivity index (χ0) is 21.5. The number of hydrogen-bond acceptors (Lipinski definition) is 2. The molecule has 0 saturated heterocycles. The van der Waals surface area contributed by atoms with Gasteiger partial charge in [-0.2, -0.15) is 0 Å². The molecule has 0 unspecified atom stereocenters. The maximum absolute atomic E-state index is 13.2. The predicted octanol–water partition coefficient (Wildman–Crippen LogP) is 5.97. The number of ether oxygens (including phenoxy) is 1. The number of aryl methyl sites for hydroxylation is 1. The van der Waals surface area contributed by atoms with E-state index < -0.39 is 0 Å². The Balaban J connectivity index is 1.54. The number of rotatable bonds is 8. The Morgan fingerprint density at radius 2 is 1.77 bits per heavy atom. The molecule has 0 radical (unpaired) electrons. The highest BCUT2D eigenvalue weighted by molar-refractivity contribution is 5.77. The maximum atomic E-state index is 13.2. The monoisotopic (exact) mass is 416 g/mol. The lowest BCUT2D eigenvalue weighted by molar-refractivity contribution is -0.133. The summed E-state index contributed by atoms with van der Waals surface area (Å²) in [5.74, 6) is 1.11. The minimum Gasteiger partial charge on any atom is -0.489 e. The van der Waals surface area contributed by atoms with Gasteiger partial charge in [0.15, 0.2) is 0 Å². The highest BCUT2D eigenvalue weighted by atomic mass is 16.5. The lowest BCUT2D eigenvalue weighted by atomic mass is 10.0. The molecule has 2 heterocycles. The molecule has 0 aliphatic carbocycles. The zero-order valence-corrected chi connectivity index (χ0v) is 18.4. The molecule has 1 amide bonds. The van der Waals surface area contributed by atoms with Crippen LogP contribution in [0.25, 0.3) is 0 Å². The molecule has 1 atom stereocenters. The molecule has 0 bridgehead atoms. The van der Waals surface area contributed by atoms with Gasteiger partial charge < -0.3 is 14.2 Å². The number of fused-ring (bicyclic) bond motifs is 1. The van der Waals surface area contributed by atoms with Crippen molar-refractivity contribution in [1.82, 2.24) is 9.47 Å². The molecule has 1 aliphatic heterocycles. The Kier molecular flexibility index (Phi) is 7.08. The number of aromatic nitrogens is 1. The first-order chi connectivity index (χ1) is 15.3. The van der Waals surface area contributed by atoms with E-state index in [-0.39, 0.29) is 11.9 Å². The highest BCUT2D eigenvalue weighted by Gasteiger charge is 2.30. The van der Waals surface area contributed by atoms with E-state index in [4.69, 9.17) is 4.74 Å². The van der Waals surface area contributed by atoms with Gasteiger partial charge in [-0.05, 0) is 48.2 Å². The van der Waals surface area contributed by atoms with Crippen molar-refractivity contribution in [2.24, 2.45) is 0 Å². The molecule has 0 spiro atoms. The molecule has 0 fully saturated rings. The number of carbonyl (C=O) groups is 1. The van der Waals surface area contributed by atoms with Crippen molar-refractivity contribution in [2.75, 3.05) is 6.54 Å². The summed E-state index contributed by atoms with van der Waals surface area (Å²) in [4.78, 5) is 15.3. The van der Waals surface area contributed by atoms with Crippen molar-refractivity contribution in [1.29, 1.82) is 0 Å². The van der Waals surface area contributed by atoms with Gasteiger partial charge in [-0.15, -0.1) is 0 Å². The van der Waals surface area contributed by atoms with Crippen molar-refractivity contribution < 1.29 is 9.53 Å². The molecule has 4 rings (SSSR count). The van der Waals surface area contributed by atoms with Gasteiger partial charge in [0.25, 0.3) is 0 Å². The summed E-state index contributed by atoms with van der Waals surface area (Å²) in [6.07, 6.45) is 6.94. The SMILES string of the molecule is CCCCCC(=O)N1CCCn2cccc2[C@H]1c1ccc(OCc2ccccc2)cc1. The van der Waals surface area contributed by atoms with Crippen LogP contribution >= 0.6 is 0 Å². The maximum Gasteiger partial charge on any atom is 0.223 e. The van der Waals surface area contributed by atoms with E-state index >= 15 is 0 Å². The molecule has 3 aromatic rings. The molecule has 0 saturated carbocycles. The Hall–Kier alpha value is -3.01. The van der Waals surface area contributed by atoms with E-state index in [0.29, 0.717) is 13.0 Å². The second kappa shape index (κ2) is 10.3. The van der Waals surface area contributed by atoms with Gasteiger partial charge in [-0.3, -0.25) is 4.79 Å². The number of nitrogens with zero attached hydrogens (tertiary/aromatic N) is 2. The van der Waals surface area contributed by atoms with E-state index in [1.165, 1.54) is 5.69 Å². The van der Waals surface area contributed by atoms with Crippen LogP contribution in [-0.4, -0.2) is 21.9 Å². The average Bonchev–Trinajstić information content (AvgIpc) is 3.19. The lowest BCUT2D eigenvalue weighted by Gasteiger charge is -2.31. The summed E-state index contributed by atoms with van der Waals surface area (Å²) in [5.41, 5.74) is 3.48. The van der Waals surface area contributed by atoms with Crippen molar-refractivity contribution in [3.05, 3.63) is 89.7 Å². The number of amides is 1. The first kappa shape index (κ1) is 21.2. The van der Waals surface area contributed by atoms with Crippen molar-refractivity contribution in [3.63, 3.8) is 0 Å². The standard InChI is InChI=1S/C27H32N2O2/c1-2-3-5-13-26(30)29-20-9-19-28-18-8-12-25(28)27(29)23-14-16-24(17-15-23)31-21-22-10-6-4-7-11-22/h4,6-8,10-12,14-18,27H,2-3,5,9,13,19-21H2,1H3/t27-/m1/s1. The fraction of sp³-hybridized carbons (Fsp3) is 0.370. The number of carbonyl (C=O) groups excluding carboxylic acids is 1. The Morgan fingerprint density at radius 1 is 0.968 bits per heavy atom. The molecule has 1 aliphatic rings. The predicted molar refractivity (Wildman–Crippen MR) is 124 cm³/mol. The first-order valence-corrected chi connectivity index (χ1v) is 11.5. The summed E-state index contributed by atoms with van der Waals surface area (Å²) in [5, 5.41) is 0. The van der Waals surface area contributed by atoms with Gasteiger partial charge in [0, 0.05) is 31.4 Å². The normalized spacial score (nSPS) is 15.9. The van der Waals surface area contributed by atoms with Crippen LogP contribution in [0.15, 0.2) is 72.9 Å². The largest absolute Gasteiger partial charge is 0.489 e. The summed E-state index contributed by atoms with van der Waals surface area (Å²) < 4.78 is 8.26. The molecule has 1 aromatic heterocycles. The van der Waals surface area contributed by atoms with Gasteiger partial charge in [0.1, 0.15) is 12.4 Å². The smallest absolute Gasteiger partial charge is 0.223 e. The topological polar surface area (TPSA) is 34.5 Å². The molecule has 162 valence electrons. The van der Waals surface area contributed by atoms with E-state index in [1.54, 1.807) is 0 Å². The number of unbranched alkanes of at least 4 members (excludes halogenated alkanes) is 2. The Bertz CT molecular complexity index is 962. The summed E-state index contributed by atoms with van der Waals surface area (Å²) in [7, 11) is 0. The quantitative estimate of drug-likeness (QED) is 0.424. The zero-order valence-electron chi connectivity index (χ0n) is 18.4. The molecule has 4 nitrogen and oxygen atoms in total. The van der Waals surface area contributed by atoms with E-state index in [2.05, 4.69) is 59.0 Å². The summed E-state index contributed by atoms with van der Waals surface area (Å²) in [6, 6.07) is 22.7. The molecule has 31 heavy (non-hydrogen) atoms. The van der Waals surface area contributed by atoms with Crippen molar-refractivity contribution >= 4 is 5.91 Å². The number of benzene rings is 2. The van der Waals surface area contributed by atoms with E-state index in [1.807, 2.05) is 30.3 Å². The van der Waals surface area contributed by atoms with Crippen LogP contribution in [0, 0.1) is 0 Å². The average molecular weight is 417 g/mol. The fourth-order valence-corrected chi connectivity index (χ4v) is 4.36. The van der Waals surface area contributed by atoms with Crippen molar-refractivity contribution in [3.8, 4) is 5.75 Å². The minimum atomic E-state index is -0.0465. The molecular formula is C27H32N2O2. The highest BCUT2D eigenvalue weighted by Crippen LogP contribution is 2.33. The third-order valence-electron chi connectivity index (χ3n) is 6.01. The van der Waals surface area contributed by atoms with Crippen LogP contribution in [-0.2, 0) is 17.9 Å². The summed E-state index contributed by atoms with van der Waals surface area (Å²) in [6.45, 7) is 4.47. The van der Waals surface area contributed by atoms with E-state index in [0.717, 1.165) is 55.6 Å². The molecule has 4 heteroatoms. The minimum absolute atomic E-state index is 0.0465. The van der Waals surface area contributed by atoms with Crippen LogP contribution in [0.4, 0.5) is 0 Å². The molecule has 2 aromatic carbocycles. The van der Waals surface area contributed by atoms with Crippen LogP contribution in [0.2, 0.25) is 0 Å². The Labute approximate surface area is 185 Å². The van der Waals surface area contributed by atoms with Crippen LogP contribution in [0.1, 0.15) is 61.9 Å². The van der Waals surface area contributed by atoms with E-state index in [9.17, 15) is 4.79 Å². The third-order valence-corrected chi connectivity index (χ3v) is 6.01. The second-order valence-electron chi connectivity index (χ2n) is 8.27. The third kappa shape index (κ3) is 5.19. The van der Waals surface area contributed by atoms with Gasteiger partial charge in [0.2, 0.25) is 5.91 Å². The Morgan fingerprint density at radius 3 is 2.55 bits per heavy atom. The van der Waals surface area contributed by atoms with Gasteiger partial charge in [0.05, 0.1) is 6.04 Å². The van der Waals surface area contributed by atoms with Crippen LogP contribution in [0.3, 0.4) is 0 Å². The first-order valence-electron chi connectivity index (χ1n) is 11.5. The fourth-order valence-electron chi connectivity index (χ4n) is 4.36. The van der Waals surface area contributed by atoms with Crippen molar-refractivity contribution in [2.45, 2.75) is 58.2 Å². The molecule has 0 N–H and O–H groups in total. The lowest BCUT2D eigenvalue weighted by Crippen LogP contribution is -2.35. The second-order valence-corrected chi connectivity index (χ2v) is 8.27. The van der Waals surface area contributed by atoms with Gasteiger partial charge in [-0.25, -0.2) is 0 Å². The summed E-state index contributed by atoms with van der Waals surface area (Å²) >= 11 is 0. The van der Waals surface area contributed by atoms with Crippen LogP contribution < -0.4 is 4.74 Å². The van der Waals surface area contributed by atoms with Gasteiger partial charge >= 0.3 is 0 Å².